The molecule has 0 aliphatic carbocycles. The van der Waals surface area contributed by atoms with Gasteiger partial charge in [0.25, 0.3) is 0 Å². The van der Waals surface area contributed by atoms with E-state index >= 15 is 0 Å². The molecule has 0 aliphatic rings. The van der Waals surface area contributed by atoms with Crippen LogP contribution >= 0.6 is 11.8 Å². The molecule has 0 fully saturated rings. The van der Waals surface area contributed by atoms with E-state index in [0.717, 1.165) is 28.5 Å². The van der Waals surface area contributed by atoms with E-state index in [4.69, 9.17) is 9.84 Å². The van der Waals surface area contributed by atoms with Crippen LogP contribution in [0.4, 0.5) is 0 Å². The molecule has 120 valence electrons. The van der Waals surface area contributed by atoms with Gasteiger partial charge in [0.2, 0.25) is 0 Å². The molecular formula is C18H20N2O2S. The van der Waals surface area contributed by atoms with Gasteiger partial charge in [0.05, 0.1) is 24.2 Å². The van der Waals surface area contributed by atoms with E-state index in [2.05, 4.69) is 22.5 Å². The Morgan fingerprint density at radius 2 is 1.91 bits per heavy atom. The van der Waals surface area contributed by atoms with Gasteiger partial charge in [0.15, 0.2) is 5.16 Å². The van der Waals surface area contributed by atoms with Crippen molar-refractivity contribution in [2.75, 3.05) is 19.0 Å². The van der Waals surface area contributed by atoms with E-state index in [9.17, 15) is 0 Å². The molecule has 1 aromatic heterocycles. The molecule has 5 heteroatoms. The first-order valence-electron chi connectivity index (χ1n) is 7.66. The second-order valence-corrected chi connectivity index (χ2v) is 6.33. The minimum Gasteiger partial charge on any atom is -0.492 e. The van der Waals surface area contributed by atoms with Gasteiger partial charge in [0, 0.05) is 5.75 Å². The number of fused-ring (bicyclic) bond motifs is 1. The summed E-state index contributed by atoms with van der Waals surface area (Å²) in [5.74, 6) is 1.52. The smallest absolute Gasteiger partial charge is 0.169 e. The molecule has 4 nitrogen and oxygen atoms in total. The lowest BCUT2D eigenvalue weighted by Crippen LogP contribution is -2.09. The number of para-hydroxylation sites is 2. The zero-order chi connectivity index (χ0) is 16.1. The van der Waals surface area contributed by atoms with Gasteiger partial charge in [-0.25, -0.2) is 4.98 Å². The van der Waals surface area contributed by atoms with E-state index in [-0.39, 0.29) is 6.61 Å². The van der Waals surface area contributed by atoms with Gasteiger partial charge < -0.3 is 14.4 Å². The van der Waals surface area contributed by atoms with Crippen LogP contribution in [0.25, 0.3) is 11.0 Å². The molecule has 0 atom stereocenters. The second kappa shape index (κ2) is 7.53. The molecule has 2 aromatic carbocycles. The number of aryl methyl sites for hydroxylation is 1. The van der Waals surface area contributed by atoms with Crippen LogP contribution in [-0.2, 0) is 6.54 Å². The standard InChI is InChI=1S/C18H20N2O2S/c1-14-6-8-15(9-7-14)22-12-10-20-17-5-3-2-4-16(17)19-18(20)23-13-11-21/h2-9,21H,10-13H2,1H3. The molecule has 0 bridgehead atoms. The Kier molecular flexibility index (Phi) is 5.20. The Hall–Kier alpha value is -1.98. The molecule has 0 unspecified atom stereocenters. The number of benzene rings is 2. The van der Waals surface area contributed by atoms with Crippen LogP contribution in [0.15, 0.2) is 53.7 Å². The largest absolute Gasteiger partial charge is 0.492 e. The van der Waals surface area contributed by atoms with Crippen molar-refractivity contribution in [3.05, 3.63) is 54.1 Å². The zero-order valence-electron chi connectivity index (χ0n) is 13.1. The summed E-state index contributed by atoms with van der Waals surface area (Å²) >= 11 is 1.57. The molecule has 0 saturated heterocycles. The van der Waals surface area contributed by atoms with Crippen LogP contribution in [-0.4, -0.2) is 33.6 Å². The van der Waals surface area contributed by atoms with Gasteiger partial charge >= 0.3 is 0 Å². The highest BCUT2D eigenvalue weighted by atomic mass is 32.2. The maximum Gasteiger partial charge on any atom is 0.169 e. The maximum atomic E-state index is 9.06. The number of nitrogens with zero attached hydrogens (tertiary/aromatic N) is 2. The number of thioether (sulfide) groups is 1. The summed E-state index contributed by atoms with van der Waals surface area (Å²) < 4.78 is 7.99. The highest BCUT2D eigenvalue weighted by Gasteiger charge is 2.10. The quantitative estimate of drug-likeness (QED) is 0.674. The van der Waals surface area contributed by atoms with Gasteiger partial charge in [-0.1, -0.05) is 41.6 Å². The third kappa shape index (κ3) is 3.86. The normalized spacial score (nSPS) is 11.0. The van der Waals surface area contributed by atoms with Crippen LogP contribution in [0, 0.1) is 6.92 Å². The van der Waals surface area contributed by atoms with E-state index in [1.54, 1.807) is 11.8 Å². The van der Waals surface area contributed by atoms with E-state index in [0.29, 0.717) is 12.4 Å². The molecule has 23 heavy (non-hydrogen) atoms. The van der Waals surface area contributed by atoms with Crippen molar-refractivity contribution >= 4 is 22.8 Å². The molecule has 3 rings (SSSR count). The Balaban J connectivity index is 1.73. The van der Waals surface area contributed by atoms with Crippen molar-refractivity contribution in [2.45, 2.75) is 18.6 Å². The SMILES string of the molecule is Cc1ccc(OCCn2c(SCCO)nc3ccccc32)cc1. The van der Waals surface area contributed by atoms with E-state index in [1.165, 1.54) is 5.56 Å². The first-order chi connectivity index (χ1) is 11.3. The third-order valence-corrected chi connectivity index (χ3v) is 4.50. The number of aromatic nitrogens is 2. The summed E-state index contributed by atoms with van der Waals surface area (Å²) in [5.41, 5.74) is 3.30. The minimum atomic E-state index is 0.147. The first-order valence-corrected chi connectivity index (χ1v) is 8.65. The molecule has 3 aromatic rings. The summed E-state index contributed by atoms with van der Waals surface area (Å²) in [6.45, 7) is 3.51. The van der Waals surface area contributed by atoms with E-state index in [1.807, 2.05) is 42.5 Å². The van der Waals surface area contributed by atoms with Crippen LogP contribution < -0.4 is 4.74 Å². The highest BCUT2D eigenvalue weighted by molar-refractivity contribution is 7.99. The number of aliphatic hydroxyl groups excluding tert-OH is 1. The Labute approximate surface area is 140 Å². The van der Waals surface area contributed by atoms with Crippen molar-refractivity contribution < 1.29 is 9.84 Å². The fourth-order valence-corrected chi connectivity index (χ4v) is 3.19. The Bertz CT molecular complexity index is 768. The van der Waals surface area contributed by atoms with Crippen molar-refractivity contribution in [1.29, 1.82) is 0 Å². The molecule has 0 spiro atoms. The monoisotopic (exact) mass is 328 g/mol. The summed E-state index contributed by atoms with van der Waals surface area (Å²) in [5, 5.41) is 9.98. The average molecular weight is 328 g/mol. The molecule has 0 aliphatic heterocycles. The van der Waals surface area contributed by atoms with Crippen LogP contribution in [0.3, 0.4) is 0 Å². The second-order valence-electron chi connectivity index (χ2n) is 5.27. The first kappa shape index (κ1) is 15.9. The molecule has 0 radical (unpaired) electrons. The third-order valence-electron chi connectivity index (χ3n) is 3.55. The summed E-state index contributed by atoms with van der Waals surface area (Å²) in [6, 6.07) is 16.2. The topological polar surface area (TPSA) is 47.3 Å². The molecule has 0 saturated carbocycles. The Morgan fingerprint density at radius 3 is 2.70 bits per heavy atom. The summed E-state index contributed by atoms with van der Waals surface area (Å²) in [7, 11) is 0. The van der Waals surface area contributed by atoms with Gasteiger partial charge in [0.1, 0.15) is 12.4 Å². The van der Waals surface area contributed by atoms with Crippen molar-refractivity contribution in [1.82, 2.24) is 9.55 Å². The number of ether oxygens (including phenoxy) is 1. The number of rotatable bonds is 7. The van der Waals surface area contributed by atoms with Crippen LogP contribution in [0.5, 0.6) is 5.75 Å². The number of imidazole rings is 1. The number of aliphatic hydroxyl groups is 1. The van der Waals surface area contributed by atoms with Gasteiger partial charge in [-0.15, -0.1) is 0 Å². The molecule has 1 N–H and O–H groups in total. The lowest BCUT2D eigenvalue weighted by molar-refractivity contribution is 0.295. The highest BCUT2D eigenvalue weighted by Crippen LogP contribution is 2.24. The maximum absolute atomic E-state index is 9.06. The van der Waals surface area contributed by atoms with Crippen molar-refractivity contribution in [3.8, 4) is 5.75 Å². The zero-order valence-corrected chi connectivity index (χ0v) is 13.9. The fourth-order valence-electron chi connectivity index (χ4n) is 2.41. The Morgan fingerprint density at radius 1 is 1.13 bits per heavy atom. The van der Waals surface area contributed by atoms with Crippen LogP contribution in [0.1, 0.15) is 5.56 Å². The molecule has 0 amide bonds. The lowest BCUT2D eigenvalue weighted by atomic mass is 10.2. The molecular weight excluding hydrogens is 308 g/mol. The average Bonchev–Trinajstić information content (AvgIpc) is 2.93. The predicted molar refractivity (Wildman–Crippen MR) is 94.2 cm³/mol. The lowest BCUT2D eigenvalue weighted by Gasteiger charge is -2.10. The van der Waals surface area contributed by atoms with Crippen molar-refractivity contribution in [2.24, 2.45) is 0 Å². The number of hydrogen-bond donors (Lipinski definition) is 1. The van der Waals surface area contributed by atoms with E-state index < -0.39 is 0 Å². The number of hydrogen-bond acceptors (Lipinski definition) is 4. The van der Waals surface area contributed by atoms with Gasteiger partial charge in [-0.2, -0.15) is 0 Å². The predicted octanol–water partition coefficient (Wildman–Crippen LogP) is 3.51. The van der Waals surface area contributed by atoms with Crippen molar-refractivity contribution in [3.63, 3.8) is 0 Å². The minimum absolute atomic E-state index is 0.147. The fraction of sp³-hybridized carbons (Fsp3) is 0.278. The summed E-state index contributed by atoms with van der Waals surface area (Å²) in [4.78, 5) is 4.65. The van der Waals surface area contributed by atoms with Gasteiger partial charge in [-0.05, 0) is 31.2 Å². The summed E-state index contributed by atoms with van der Waals surface area (Å²) in [6.07, 6.45) is 0. The van der Waals surface area contributed by atoms with Crippen LogP contribution in [0.2, 0.25) is 0 Å². The van der Waals surface area contributed by atoms with Gasteiger partial charge in [-0.3, -0.25) is 0 Å². The molecule has 1 heterocycles.